The van der Waals surface area contributed by atoms with E-state index in [1.807, 2.05) is 6.07 Å². The largest absolute Gasteiger partial charge is 0.491 e. The Kier molecular flexibility index (Phi) is 3.71. The number of nitrogens with zero attached hydrogens (tertiary/aromatic N) is 1. The van der Waals surface area contributed by atoms with Gasteiger partial charge in [0.05, 0.1) is 5.69 Å². The quantitative estimate of drug-likeness (QED) is 0.589. The zero-order chi connectivity index (χ0) is 20.6. The summed E-state index contributed by atoms with van der Waals surface area (Å²) >= 11 is 3.57. The van der Waals surface area contributed by atoms with Gasteiger partial charge in [0.1, 0.15) is 23.4 Å². The molecule has 5 rings (SSSR count). The minimum Gasteiger partial charge on any atom is -0.491 e. The molecule has 2 aromatic rings. The average Bonchev–Trinajstić information content (AvgIpc) is 3.29. The Hall–Kier alpha value is -2.74. The maximum absolute atomic E-state index is 13.8. The molecule has 0 aliphatic carbocycles. The molecule has 0 aromatic heterocycles. The van der Waals surface area contributed by atoms with Crippen LogP contribution in [-0.4, -0.2) is 31.0 Å². The normalized spacial score (nSPS) is 21.2. The molecule has 8 heteroatoms. The van der Waals surface area contributed by atoms with Gasteiger partial charge in [-0.1, -0.05) is 22.0 Å². The van der Waals surface area contributed by atoms with Crippen molar-refractivity contribution in [1.82, 2.24) is 0 Å². The zero-order valence-electron chi connectivity index (χ0n) is 16.1. The molecule has 2 amide bonds. The van der Waals surface area contributed by atoms with Crippen molar-refractivity contribution in [2.24, 2.45) is 0 Å². The first-order valence-electron chi connectivity index (χ1n) is 9.16. The number of amides is 2. The molecule has 7 nitrogen and oxygen atoms in total. The number of halogens is 1. The van der Waals surface area contributed by atoms with E-state index in [9.17, 15) is 9.59 Å². The van der Waals surface area contributed by atoms with Gasteiger partial charge in [-0.3, -0.25) is 4.79 Å². The molecule has 0 radical (unpaired) electrons. The van der Waals surface area contributed by atoms with Gasteiger partial charge >= 0.3 is 6.09 Å². The van der Waals surface area contributed by atoms with Gasteiger partial charge in [-0.15, -0.1) is 0 Å². The SMILES string of the molecule is CC(C)(C)OC(=O)N1C(=O)C2(COc3cc4c(cc32)OCO4)c2c(Br)cccc21. The van der Waals surface area contributed by atoms with E-state index in [0.717, 1.165) is 4.90 Å². The summed E-state index contributed by atoms with van der Waals surface area (Å²) in [6.07, 6.45) is -0.715. The molecule has 2 aromatic carbocycles. The van der Waals surface area contributed by atoms with Crippen molar-refractivity contribution < 1.29 is 28.5 Å². The van der Waals surface area contributed by atoms with Crippen LogP contribution in [0.15, 0.2) is 34.8 Å². The fourth-order valence-corrected chi connectivity index (χ4v) is 4.74. The summed E-state index contributed by atoms with van der Waals surface area (Å²) in [5.41, 5.74) is -0.120. The number of fused-ring (bicyclic) bond motifs is 5. The predicted molar refractivity (Wildman–Crippen MR) is 107 cm³/mol. The van der Waals surface area contributed by atoms with E-state index in [2.05, 4.69) is 15.9 Å². The molecule has 3 aliphatic rings. The number of ether oxygens (including phenoxy) is 4. The first-order valence-corrected chi connectivity index (χ1v) is 9.95. The smallest absolute Gasteiger partial charge is 0.421 e. The van der Waals surface area contributed by atoms with Crippen molar-refractivity contribution >= 4 is 33.6 Å². The van der Waals surface area contributed by atoms with Crippen LogP contribution in [0.5, 0.6) is 17.2 Å². The van der Waals surface area contributed by atoms with Crippen LogP contribution in [0.2, 0.25) is 0 Å². The first kappa shape index (κ1) is 18.3. The summed E-state index contributed by atoms with van der Waals surface area (Å²) in [6, 6.07) is 8.86. The van der Waals surface area contributed by atoms with Crippen LogP contribution in [0.3, 0.4) is 0 Å². The monoisotopic (exact) mass is 459 g/mol. The van der Waals surface area contributed by atoms with Crippen molar-refractivity contribution in [1.29, 1.82) is 0 Å². The Morgan fingerprint density at radius 1 is 1.14 bits per heavy atom. The molecule has 0 saturated carbocycles. The molecule has 29 heavy (non-hydrogen) atoms. The topological polar surface area (TPSA) is 74.3 Å². The van der Waals surface area contributed by atoms with Crippen molar-refractivity contribution in [3.63, 3.8) is 0 Å². The van der Waals surface area contributed by atoms with Gasteiger partial charge in [0.2, 0.25) is 6.79 Å². The van der Waals surface area contributed by atoms with Crippen LogP contribution in [0.25, 0.3) is 0 Å². The van der Waals surface area contributed by atoms with Crippen LogP contribution in [0.1, 0.15) is 31.9 Å². The highest BCUT2D eigenvalue weighted by atomic mass is 79.9. The number of benzene rings is 2. The number of carbonyl (C=O) groups is 2. The maximum Gasteiger partial charge on any atom is 0.421 e. The van der Waals surface area contributed by atoms with Gasteiger partial charge in [-0.25, -0.2) is 9.69 Å². The van der Waals surface area contributed by atoms with Gasteiger partial charge in [0.25, 0.3) is 5.91 Å². The molecule has 0 saturated heterocycles. The number of anilines is 1. The number of rotatable bonds is 0. The van der Waals surface area contributed by atoms with E-state index >= 15 is 0 Å². The third-order valence-corrected chi connectivity index (χ3v) is 5.84. The second kappa shape index (κ2) is 5.89. The number of carbonyl (C=O) groups excluding carboxylic acids is 2. The molecule has 3 heterocycles. The summed E-state index contributed by atoms with van der Waals surface area (Å²) in [6.45, 7) is 5.47. The van der Waals surface area contributed by atoms with Crippen LogP contribution in [-0.2, 0) is 14.9 Å². The summed E-state index contributed by atoms with van der Waals surface area (Å²) < 4.78 is 23.1. The Labute approximate surface area is 175 Å². The lowest BCUT2D eigenvalue weighted by atomic mass is 9.77. The lowest BCUT2D eigenvalue weighted by molar-refractivity contribution is -0.121. The number of imide groups is 1. The van der Waals surface area contributed by atoms with E-state index in [0.29, 0.717) is 38.5 Å². The average molecular weight is 460 g/mol. The number of hydrogen-bond donors (Lipinski definition) is 0. The van der Waals surface area contributed by atoms with Gasteiger partial charge in [-0.05, 0) is 39.0 Å². The molecule has 3 aliphatic heterocycles. The fraction of sp³-hybridized carbons (Fsp3) is 0.333. The molecule has 0 bridgehead atoms. The summed E-state index contributed by atoms with van der Waals surface area (Å²) in [5, 5.41) is 0. The Balaban J connectivity index is 1.71. The van der Waals surface area contributed by atoms with E-state index in [4.69, 9.17) is 18.9 Å². The summed E-state index contributed by atoms with van der Waals surface area (Å²) in [5.74, 6) is 1.25. The second-order valence-corrected chi connectivity index (χ2v) is 9.00. The van der Waals surface area contributed by atoms with E-state index in [1.165, 1.54) is 0 Å². The van der Waals surface area contributed by atoms with Crippen molar-refractivity contribution in [3.05, 3.63) is 45.9 Å². The molecule has 1 atom stereocenters. The van der Waals surface area contributed by atoms with Crippen LogP contribution in [0, 0.1) is 0 Å². The molecule has 1 spiro atoms. The predicted octanol–water partition coefficient (Wildman–Crippen LogP) is 4.14. The second-order valence-electron chi connectivity index (χ2n) is 8.15. The summed E-state index contributed by atoms with van der Waals surface area (Å²) in [4.78, 5) is 27.9. The van der Waals surface area contributed by atoms with Gasteiger partial charge in [0, 0.05) is 21.7 Å². The fourth-order valence-electron chi connectivity index (χ4n) is 4.04. The molecule has 1 unspecified atom stereocenters. The first-order chi connectivity index (χ1) is 13.7. The van der Waals surface area contributed by atoms with E-state index in [1.54, 1.807) is 45.0 Å². The Morgan fingerprint density at radius 3 is 2.59 bits per heavy atom. The van der Waals surface area contributed by atoms with Crippen molar-refractivity contribution in [3.8, 4) is 17.2 Å². The van der Waals surface area contributed by atoms with Gasteiger partial charge in [0.15, 0.2) is 11.5 Å². The molecular weight excluding hydrogens is 442 g/mol. The van der Waals surface area contributed by atoms with Crippen molar-refractivity contribution in [2.45, 2.75) is 31.8 Å². The highest BCUT2D eigenvalue weighted by Crippen LogP contribution is 2.56. The highest BCUT2D eigenvalue weighted by molar-refractivity contribution is 9.10. The molecule has 0 fully saturated rings. The minimum absolute atomic E-state index is 0.0684. The molecule has 0 N–H and O–H groups in total. The van der Waals surface area contributed by atoms with Crippen LogP contribution < -0.4 is 19.1 Å². The molecular formula is C21H18BrNO6. The Bertz CT molecular complexity index is 1080. The zero-order valence-corrected chi connectivity index (χ0v) is 17.7. The van der Waals surface area contributed by atoms with Crippen LogP contribution >= 0.6 is 15.9 Å². The molecule has 150 valence electrons. The van der Waals surface area contributed by atoms with Crippen LogP contribution in [0.4, 0.5) is 10.5 Å². The van der Waals surface area contributed by atoms with Gasteiger partial charge in [-0.2, -0.15) is 0 Å². The number of hydrogen-bond acceptors (Lipinski definition) is 6. The standard InChI is InChI=1S/C21H18BrNO6/c1-20(2,3)29-19(25)23-13-6-4-5-12(22)17(13)21(18(23)24)9-26-14-8-16-15(7-11(14)21)27-10-28-16/h4-8H,9-10H2,1-3H3. The van der Waals surface area contributed by atoms with E-state index < -0.39 is 23.0 Å². The minimum atomic E-state index is -1.18. The third-order valence-electron chi connectivity index (χ3n) is 5.18. The van der Waals surface area contributed by atoms with Gasteiger partial charge < -0.3 is 18.9 Å². The van der Waals surface area contributed by atoms with Crippen molar-refractivity contribution in [2.75, 3.05) is 18.3 Å². The van der Waals surface area contributed by atoms with E-state index in [-0.39, 0.29) is 13.4 Å². The highest BCUT2D eigenvalue weighted by Gasteiger charge is 2.60. The lowest BCUT2D eigenvalue weighted by Crippen LogP contribution is -2.46. The maximum atomic E-state index is 13.8. The lowest BCUT2D eigenvalue weighted by Gasteiger charge is -2.25. The Morgan fingerprint density at radius 2 is 1.86 bits per heavy atom. The third kappa shape index (κ3) is 2.48. The summed E-state index contributed by atoms with van der Waals surface area (Å²) in [7, 11) is 0.